The van der Waals surface area contributed by atoms with E-state index in [1.165, 1.54) is 32.1 Å². The molecule has 2 fully saturated rings. The SMILES string of the molecule is CCCCCCC/C=C\[C@@H]1OC[C@H](C)[C@H](OC)[C@@]12CO2. The first-order valence-electron chi connectivity index (χ1n) is 8.19. The molecular formula is C17H30O3. The first kappa shape index (κ1) is 16.0. The van der Waals surface area contributed by atoms with Crippen molar-refractivity contribution in [2.75, 3.05) is 20.3 Å². The van der Waals surface area contributed by atoms with E-state index in [0.717, 1.165) is 19.6 Å². The van der Waals surface area contributed by atoms with E-state index >= 15 is 0 Å². The van der Waals surface area contributed by atoms with Crippen LogP contribution in [0.1, 0.15) is 52.4 Å². The molecule has 20 heavy (non-hydrogen) atoms. The third-order valence-electron chi connectivity index (χ3n) is 4.54. The van der Waals surface area contributed by atoms with Gasteiger partial charge in [0.25, 0.3) is 0 Å². The lowest BCUT2D eigenvalue weighted by molar-refractivity contribution is -0.131. The second-order valence-electron chi connectivity index (χ2n) is 6.26. The molecule has 0 radical (unpaired) electrons. The summed E-state index contributed by atoms with van der Waals surface area (Å²) in [6, 6.07) is 0. The monoisotopic (exact) mass is 282 g/mol. The molecule has 116 valence electrons. The van der Waals surface area contributed by atoms with Crippen molar-refractivity contribution in [1.82, 2.24) is 0 Å². The molecule has 0 aromatic heterocycles. The minimum absolute atomic E-state index is 0.0688. The van der Waals surface area contributed by atoms with Crippen LogP contribution < -0.4 is 0 Å². The van der Waals surface area contributed by atoms with Crippen LogP contribution in [0.5, 0.6) is 0 Å². The molecule has 0 aromatic carbocycles. The van der Waals surface area contributed by atoms with Gasteiger partial charge in [-0.1, -0.05) is 51.7 Å². The Labute approximate surface area is 123 Å². The van der Waals surface area contributed by atoms with Crippen molar-refractivity contribution in [3.05, 3.63) is 12.2 Å². The Balaban J connectivity index is 1.75. The highest BCUT2D eigenvalue weighted by Crippen LogP contribution is 2.44. The third-order valence-corrected chi connectivity index (χ3v) is 4.54. The van der Waals surface area contributed by atoms with Crippen LogP contribution >= 0.6 is 0 Å². The molecule has 4 atom stereocenters. The Morgan fingerprint density at radius 2 is 2.00 bits per heavy atom. The van der Waals surface area contributed by atoms with E-state index in [9.17, 15) is 0 Å². The van der Waals surface area contributed by atoms with Crippen molar-refractivity contribution in [1.29, 1.82) is 0 Å². The predicted octanol–water partition coefficient (Wildman–Crippen LogP) is 3.72. The van der Waals surface area contributed by atoms with E-state index in [0.29, 0.717) is 5.92 Å². The summed E-state index contributed by atoms with van der Waals surface area (Å²) < 4.78 is 17.3. The van der Waals surface area contributed by atoms with E-state index in [2.05, 4.69) is 26.0 Å². The van der Waals surface area contributed by atoms with Crippen molar-refractivity contribution < 1.29 is 14.2 Å². The third kappa shape index (κ3) is 3.63. The van der Waals surface area contributed by atoms with Gasteiger partial charge >= 0.3 is 0 Å². The lowest BCUT2D eigenvalue weighted by atomic mass is 9.85. The fourth-order valence-electron chi connectivity index (χ4n) is 3.28. The number of unbranched alkanes of at least 4 members (excludes halogenated alkanes) is 5. The van der Waals surface area contributed by atoms with Gasteiger partial charge in [-0.25, -0.2) is 0 Å². The molecule has 2 aliphatic heterocycles. The summed E-state index contributed by atoms with van der Waals surface area (Å²) in [7, 11) is 1.78. The van der Waals surface area contributed by atoms with Gasteiger partial charge in [0.1, 0.15) is 11.7 Å². The predicted molar refractivity (Wildman–Crippen MR) is 80.9 cm³/mol. The summed E-state index contributed by atoms with van der Waals surface area (Å²) in [6.45, 7) is 5.95. The second-order valence-corrected chi connectivity index (χ2v) is 6.26. The highest BCUT2D eigenvalue weighted by molar-refractivity contribution is 5.15. The first-order chi connectivity index (χ1) is 9.74. The Morgan fingerprint density at radius 3 is 2.65 bits per heavy atom. The van der Waals surface area contributed by atoms with Crippen molar-refractivity contribution in [3.63, 3.8) is 0 Å². The minimum Gasteiger partial charge on any atom is -0.378 e. The minimum atomic E-state index is -0.203. The van der Waals surface area contributed by atoms with Crippen molar-refractivity contribution in [3.8, 4) is 0 Å². The highest BCUT2D eigenvalue weighted by Gasteiger charge is 2.61. The highest BCUT2D eigenvalue weighted by atomic mass is 16.7. The number of methoxy groups -OCH3 is 1. The molecule has 0 unspecified atom stereocenters. The van der Waals surface area contributed by atoms with E-state index in [1.807, 2.05) is 0 Å². The average molecular weight is 282 g/mol. The molecular weight excluding hydrogens is 252 g/mol. The van der Waals surface area contributed by atoms with Crippen LogP contribution in [0.4, 0.5) is 0 Å². The maximum Gasteiger partial charge on any atom is 0.147 e. The quantitative estimate of drug-likeness (QED) is 0.386. The molecule has 2 heterocycles. The van der Waals surface area contributed by atoms with Crippen molar-refractivity contribution in [2.45, 2.75) is 70.2 Å². The van der Waals surface area contributed by atoms with Gasteiger partial charge in [0.2, 0.25) is 0 Å². The topological polar surface area (TPSA) is 31.0 Å². The molecule has 0 bridgehead atoms. The fourth-order valence-corrected chi connectivity index (χ4v) is 3.28. The molecule has 1 spiro atoms. The van der Waals surface area contributed by atoms with Crippen molar-refractivity contribution in [2.24, 2.45) is 5.92 Å². The molecule has 3 nitrogen and oxygen atoms in total. The zero-order valence-electron chi connectivity index (χ0n) is 13.3. The zero-order valence-corrected chi connectivity index (χ0v) is 13.3. The summed E-state index contributed by atoms with van der Waals surface area (Å²) in [5.41, 5.74) is -0.203. The van der Waals surface area contributed by atoms with E-state index in [-0.39, 0.29) is 17.8 Å². The Bertz CT molecular complexity index is 309. The smallest absolute Gasteiger partial charge is 0.147 e. The van der Waals surface area contributed by atoms with Gasteiger partial charge in [-0.2, -0.15) is 0 Å². The summed E-state index contributed by atoms with van der Waals surface area (Å²) in [5.74, 6) is 0.404. The number of allylic oxidation sites excluding steroid dienone is 1. The van der Waals surface area contributed by atoms with Crippen LogP contribution in [0.2, 0.25) is 0 Å². The average Bonchev–Trinajstić information content (AvgIpc) is 3.22. The summed E-state index contributed by atoms with van der Waals surface area (Å²) in [5, 5.41) is 0. The van der Waals surface area contributed by atoms with E-state index in [1.54, 1.807) is 7.11 Å². The molecule has 3 heteroatoms. The van der Waals surface area contributed by atoms with Crippen LogP contribution in [0.25, 0.3) is 0 Å². The van der Waals surface area contributed by atoms with Gasteiger partial charge in [-0.15, -0.1) is 0 Å². The zero-order chi connectivity index (χ0) is 14.4. The normalized spacial score (nSPS) is 36.9. The molecule has 0 saturated carbocycles. The van der Waals surface area contributed by atoms with Crippen LogP contribution in [0.15, 0.2) is 12.2 Å². The van der Waals surface area contributed by atoms with Gasteiger partial charge in [-0.3, -0.25) is 0 Å². The lowest BCUT2D eigenvalue weighted by Gasteiger charge is -2.38. The van der Waals surface area contributed by atoms with Crippen LogP contribution in [-0.2, 0) is 14.2 Å². The first-order valence-corrected chi connectivity index (χ1v) is 8.19. The van der Waals surface area contributed by atoms with Crippen LogP contribution in [-0.4, -0.2) is 38.1 Å². The van der Waals surface area contributed by atoms with Gasteiger partial charge in [0, 0.05) is 13.0 Å². The maximum absolute atomic E-state index is 5.95. The largest absolute Gasteiger partial charge is 0.378 e. The molecule has 0 aliphatic carbocycles. The standard InChI is InChI=1S/C17H30O3/c1-4-5-6-7-8-9-10-11-15-17(13-20-17)16(18-3)14(2)12-19-15/h10-11,14-16H,4-9,12-13H2,1-3H3/b11-10-/t14-,15-,16-,17+/m0/s1. The van der Waals surface area contributed by atoms with E-state index < -0.39 is 0 Å². The number of epoxide rings is 1. The Kier molecular flexibility index (Phi) is 6.06. The molecule has 0 amide bonds. The molecule has 0 N–H and O–H groups in total. The number of hydrogen-bond donors (Lipinski definition) is 0. The van der Waals surface area contributed by atoms with Gasteiger partial charge in [0.15, 0.2) is 0 Å². The Hall–Kier alpha value is -0.380. The molecule has 2 rings (SSSR count). The molecule has 2 saturated heterocycles. The Morgan fingerprint density at radius 1 is 1.25 bits per heavy atom. The number of ether oxygens (including phenoxy) is 3. The van der Waals surface area contributed by atoms with Crippen LogP contribution in [0, 0.1) is 5.92 Å². The maximum atomic E-state index is 5.95. The molecule has 2 aliphatic rings. The van der Waals surface area contributed by atoms with Gasteiger partial charge < -0.3 is 14.2 Å². The summed E-state index contributed by atoms with van der Waals surface area (Å²) in [4.78, 5) is 0. The van der Waals surface area contributed by atoms with E-state index in [4.69, 9.17) is 14.2 Å². The lowest BCUT2D eigenvalue weighted by Crippen LogP contribution is -2.52. The second kappa shape index (κ2) is 7.58. The van der Waals surface area contributed by atoms with Crippen LogP contribution in [0.3, 0.4) is 0 Å². The number of rotatable bonds is 8. The van der Waals surface area contributed by atoms with Crippen molar-refractivity contribution >= 4 is 0 Å². The van der Waals surface area contributed by atoms with Gasteiger partial charge in [-0.05, 0) is 12.8 Å². The molecule has 0 aromatic rings. The summed E-state index contributed by atoms with van der Waals surface area (Å²) >= 11 is 0. The number of hydrogen-bond acceptors (Lipinski definition) is 3. The summed E-state index contributed by atoms with van der Waals surface area (Å²) in [6.07, 6.45) is 12.5. The van der Waals surface area contributed by atoms with Gasteiger partial charge in [0.05, 0.1) is 19.3 Å². The fraction of sp³-hybridized carbons (Fsp3) is 0.882.